The molecule has 0 saturated heterocycles. The van der Waals surface area contributed by atoms with Crippen molar-refractivity contribution in [1.29, 1.82) is 0 Å². The highest BCUT2D eigenvalue weighted by Crippen LogP contribution is 2.39. The predicted molar refractivity (Wildman–Crippen MR) is 114 cm³/mol. The molecule has 0 atom stereocenters. The Kier molecular flexibility index (Phi) is 4.55. The van der Waals surface area contributed by atoms with Crippen molar-refractivity contribution in [2.75, 3.05) is 23.8 Å². The van der Waals surface area contributed by atoms with Crippen LogP contribution < -0.4 is 20.1 Å². The summed E-state index contributed by atoms with van der Waals surface area (Å²) < 4.78 is 25.5. The first-order chi connectivity index (χ1) is 14.7. The SMILES string of the molecule is Cc1ccc(F)c(Oc2ccc(Nc3ncnc4ccc5c(c34)OCCN5)cc2)c1. The van der Waals surface area contributed by atoms with Gasteiger partial charge in [0.15, 0.2) is 17.3 Å². The zero-order valence-electron chi connectivity index (χ0n) is 16.3. The van der Waals surface area contributed by atoms with E-state index in [9.17, 15) is 4.39 Å². The van der Waals surface area contributed by atoms with Gasteiger partial charge in [-0.05, 0) is 61.0 Å². The highest BCUT2D eigenvalue weighted by atomic mass is 19.1. The molecule has 1 aliphatic heterocycles. The summed E-state index contributed by atoms with van der Waals surface area (Å²) in [7, 11) is 0. The maximum atomic E-state index is 13.9. The summed E-state index contributed by atoms with van der Waals surface area (Å²) in [4.78, 5) is 8.76. The molecule has 6 nitrogen and oxygen atoms in total. The summed E-state index contributed by atoms with van der Waals surface area (Å²) in [6.45, 7) is 3.24. The number of hydrogen-bond donors (Lipinski definition) is 2. The van der Waals surface area contributed by atoms with E-state index in [-0.39, 0.29) is 5.75 Å². The number of halogens is 1. The fourth-order valence-corrected chi connectivity index (χ4v) is 3.40. The molecule has 3 aromatic carbocycles. The van der Waals surface area contributed by atoms with Gasteiger partial charge >= 0.3 is 0 Å². The van der Waals surface area contributed by atoms with Crippen molar-refractivity contribution in [3.8, 4) is 17.2 Å². The van der Waals surface area contributed by atoms with Crippen LogP contribution in [0.25, 0.3) is 10.9 Å². The number of fused-ring (bicyclic) bond motifs is 3. The topological polar surface area (TPSA) is 68.3 Å². The van der Waals surface area contributed by atoms with Crippen molar-refractivity contribution in [1.82, 2.24) is 9.97 Å². The summed E-state index contributed by atoms with van der Waals surface area (Å²) >= 11 is 0. The van der Waals surface area contributed by atoms with Crippen molar-refractivity contribution in [3.63, 3.8) is 0 Å². The number of rotatable bonds is 4. The molecule has 150 valence electrons. The molecule has 30 heavy (non-hydrogen) atoms. The molecule has 1 aromatic heterocycles. The van der Waals surface area contributed by atoms with Crippen LogP contribution in [0, 0.1) is 12.7 Å². The molecule has 7 heteroatoms. The van der Waals surface area contributed by atoms with Crippen LogP contribution in [0.4, 0.5) is 21.6 Å². The van der Waals surface area contributed by atoms with Crippen molar-refractivity contribution < 1.29 is 13.9 Å². The van der Waals surface area contributed by atoms with Gasteiger partial charge in [0, 0.05) is 12.2 Å². The average Bonchev–Trinajstić information content (AvgIpc) is 2.77. The van der Waals surface area contributed by atoms with E-state index in [0.29, 0.717) is 18.2 Å². The number of aryl methyl sites for hydroxylation is 1. The highest BCUT2D eigenvalue weighted by Gasteiger charge is 2.17. The second-order valence-electron chi connectivity index (χ2n) is 7.02. The Morgan fingerprint density at radius 2 is 1.93 bits per heavy atom. The van der Waals surface area contributed by atoms with Gasteiger partial charge in [0.05, 0.1) is 16.6 Å². The summed E-state index contributed by atoms with van der Waals surface area (Å²) in [6.07, 6.45) is 1.52. The van der Waals surface area contributed by atoms with E-state index in [2.05, 4.69) is 20.6 Å². The van der Waals surface area contributed by atoms with Gasteiger partial charge in [-0.1, -0.05) is 6.07 Å². The minimum Gasteiger partial charge on any atom is -0.489 e. The van der Waals surface area contributed by atoms with E-state index in [4.69, 9.17) is 9.47 Å². The lowest BCUT2D eigenvalue weighted by Gasteiger charge is -2.21. The smallest absolute Gasteiger partial charge is 0.165 e. The molecule has 0 bridgehead atoms. The van der Waals surface area contributed by atoms with Gasteiger partial charge < -0.3 is 20.1 Å². The van der Waals surface area contributed by atoms with E-state index in [1.807, 2.05) is 31.2 Å². The number of hydrogen-bond acceptors (Lipinski definition) is 6. The van der Waals surface area contributed by atoms with Gasteiger partial charge in [-0.3, -0.25) is 0 Å². The van der Waals surface area contributed by atoms with Gasteiger partial charge in [-0.15, -0.1) is 0 Å². The number of ether oxygens (including phenoxy) is 2. The second kappa shape index (κ2) is 7.51. The van der Waals surface area contributed by atoms with Gasteiger partial charge in [0.25, 0.3) is 0 Å². The quantitative estimate of drug-likeness (QED) is 0.475. The largest absolute Gasteiger partial charge is 0.489 e. The third kappa shape index (κ3) is 3.45. The lowest BCUT2D eigenvalue weighted by Crippen LogP contribution is -2.18. The lowest BCUT2D eigenvalue weighted by molar-refractivity contribution is 0.327. The summed E-state index contributed by atoms with van der Waals surface area (Å²) in [5, 5.41) is 7.47. The zero-order valence-corrected chi connectivity index (χ0v) is 16.3. The maximum absolute atomic E-state index is 13.9. The van der Waals surface area contributed by atoms with Gasteiger partial charge in [0.2, 0.25) is 0 Å². The minimum atomic E-state index is -0.395. The average molecular weight is 402 g/mol. The zero-order chi connectivity index (χ0) is 20.5. The molecule has 0 radical (unpaired) electrons. The Morgan fingerprint density at radius 1 is 1.07 bits per heavy atom. The number of nitrogens with one attached hydrogen (secondary N) is 2. The van der Waals surface area contributed by atoms with Crippen LogP contribution in [0.3, 0.4) is 0 Å². The first kappa shape index (κ1) is 18.2. The predicted octanol–water partition coefficient (Wildman–Crippen LogP) is 5.42. The lowest BCUT2D eigenvalue weighted by atomic mass is 10.1. The Hall–Kier alpha value is -3.87. The van der Waals surface area contributed by atoms with Crippen LogP contribution in [0.1, 0.15) is 5.56 Å². The van der Waals surface area contributed by atoms with E-state index >= 15 is 0 Å². The van der Waals surface area contributed by atoms with Crippen molar-refractivity contribution in [2.24, 2.45) is 0 Å². The molecule has 4 aromatic rings. The first-order valence-corrected chi connectivity index (χ1v) is 9.63. The van der Waals surface area contributed by atoms with Crippen LogP contribution in [0.2, 0.25) is 0 Å². The van der Waals surface area contributed by atoms with Crippen LogP contribution >= 0.6 is 0 Å². The molecule has 0 saturated carbocycles. The van der Waals surface area contributed by atoms with Crippen LogP contribution in [0.5, 0.6) is 17.2 Å². The standard InChI is InChI=1S/C23H19FN4O2/c1-14-2-7-17(24)20(12-14)30-16-5-3-15(4-6-16)28-23-21-18(26-13-27-23)8-9-19-22(21)29-11-10-25-19/h2-9,12-13,25H,10-11H2,1H3,(H,26,27,28). The Bertz CT molecular complexity index is 1230. The summed E-state index contributed by atoms with van der Waals surface area (Å²) in [6, 6.07) is 15.9. The van der Waals surface area contributed by atoms with E-state index < -0.39 is 5.82 Å². The van der Waals surface area contributed by atoms with Gasteiger partial charge in [-0.2, -0.15) is 0 Å². The molecule has 0 fully saturated rings. The second-order valence-corrected chi connectivity index (χ2v) is 7.02. The maximum Gasteiger partial charge on any atom is 0.165 e. The molecule has 0 aliphatic carbocycles. The van der Waals surface area contributed by atoms with Gasteiger partial charge in [-0.25, -0.2) is 14.4 Å². The molecule has 1 aliphatic rings. The minimum absolute atomic E-state index is 0.203. The van der Waals surface area contributed by atoms with Crippen molar-refractivity contribution in [3.05, 3.63) is 72.3 Å². The third-order valence-electron chi connectivity index (χ3n) is 4.85. The molecule has 0 unspecified atom stereocenters. The third-order valence-corrected chi connectivity index (χ3v) is 4.85. The van der Waals surface area contributed by atoms with Crippen molar-refractivity contribution >= 4 is 28.1 Å². The fraction of sp³-hybridized carbons (Fsp3) is 0.130. The van der Waals surface area contributed by atoms with Crippen LogP contribution in [-0.2, 0) is 0 Å². The number of benzene rings is 3. The Morgan fingerprint density at radius 3 is 2.80 bits per heavy atom. The summed E-state index contributed by atoms with van der Waals surface area (Å²) in [5.74, 6) is 1.75. The van der Waals surface area contributed by atoms with Crippen LogP contribution in [-0.4, -0.2) is 23.1 Å². The number of nitrogens with zero attached hydrogens (tertiary/aromatic N) is 2. The molecular weight excluding hydrogens is 383 g/mol. The molecule has 0 amide bonds. The normalized spacial score (nSPS) is 12.6. The van der Waals surface area contributed by atoms with E-state index in [1.165, 1.54) is 12.4 Å². The molecule has 2 heterocycles. The number of anilines is 3. The Balaban J connectivity index is 1.42. The molecule has 0 spiro atoms. The first-order valence-electron chi connectivity index (χ1n) is 9.63. The molecule has 2 N–H and O–H groups in total. The summed E-state index contributed by atoms with van der Waals surface area (Å²) in [5.41, 5.74) is 3.47. The molecule has 5 rings (SSSR count). The van der Waals surface area contributed by atoms with Crippen LogP contribution in [0.15, 0.2) is 60.9 Å². The monoisotopic (exact) mass is 402 g/mol. The molecular formula is C23H19FN4O2. The fourth-order valence-electron chi connectivity index (χ4n) is 3.40. The van der Waals surface area contributed by atoms with Gasteiger partial charge in [0.1, 0.15) is 24.5 Å². The number of aromatic nitrogens is 2. The van der Waals surface area contributed by atoms with E-state index in [0.717, 1.165) is 40.1 Å². The highest BCUT2D eigenvalue weighted by molar-refractivity contribution is 5.99. The van der Waals surface area contributed by atoms with Crippen molar-refractivity contribution in [2.45, 2.75) is 6.92 Å². The van der Waals surface area contributed by atoms with E-state index in [1.54, 1.807) is 24.3 Å². The Labute approximate surface area is 172 Å².